The summed E-state index contributed by atoms with van der Waals surface area (Å²) in [7, 11) is 0. The maximum absolute atomic E-state index is 8.87. The van der Waals surface area contributed by atoms with Crippen LogP contribution in [0, 0.1) is 11.3 Å². The fourth-order valence-electron chi connectivity index (χ4n) is 3.17. The Hall–Kier alpha value is -1.61. The summed E-state index contributed by atoms with van der Waals surface area (Å²) in [6, 6.07) is 6.58. The van der Waals surface area contributed by atoms with Crippen molar-refractivity contribution < 1.29 is 0 Å². The van der Waals surface area contributed by atoms with Crippen LogP contribution in [0.2, 0.25) is 5.02 Å². The fourth-order valence-corrected chi connectivity index (χ4v) is 4.34. The first-order valence-electron chi connectivity index (χ1n) is 7.34. The lowest BCUT2D eigenvalue weighted by atomic mass is 10.0. The lowest BCUT2D eigenvalue weighted by Gasteiger charge is -2.47. The Morgan fingerprint density at radius 2 is 2.27 bits per heavy atom. The molecule has 0 amide bonds. The van der Waals surface area contributed by atoms with E-state index in [-0.39, 0.29) is 0 Å². The van der Waals surface area contributed by atoms with E-state index in [1.165, 1.54) is 12.0 Å². The predicted octanol–water partition coefficient (Wildman–Crippen LogP) is 2.92. The Morgan fingerprint density at radius 3 is 3.05 bits per heavy atom. The van der Waals surface area contributed by atoms with Crippen LogP contribution in [0.15, 0.2) is 23.7 Å². The number of pyridine rings is 1. The average Bonchev–Trinajstić information content (AvgIpc) is 2.95. The Balaban J connectivity index is 1.42. The molecule has 1 saturated heterocycles. The molecule has 2 aromatic heterocycles. The van der Waals surface area contributed by atoms with Gasteiger partial charge >= 0.3 is 0 Å². The second kappa shape index (κ2) is 5.54. The van der Waals surface area contributed by atoms with Crippen molar-refractivity contribution in [3.05, 3.63) is 44.7 Å². The summed E-state index contributed by atoms with van der Waals surface area (Å²) in [6.07, 6.45) is 2.76. The maximum atomic E-state index is 8.87. The fraction of sp³-hybridized carbons (Fsp3) is 0.375. The minimum absolute atomic E-state index is 0.506. The van der Waals surface area contributed by atoms with Crippen LogP contribution in [-0.4, -0.2) is 35.6 Å². The van der Waals surface area contributed by atoms with Gasteiger partial charge in [-0.05, 0) is 29.5 Å². The molecule has 0 bridgehead atoms. The van der Waals surface area contributed by atoms with E-state index in [9.17, 15) is 0 Å². The van der Waals surface area contributed by atoms with Gasteiger partial charge in [-0.15, -0.1) is 11.3 Å². The first-order valence-corrected chi connectivity index (χ1v) is 8.60. The molecule has 0 atom stereocenters. The largest absolute Gasteiger partial charge is 0.352 e. The molecule has 4 nitrogen and oxygen atoms in total. The smallest absolute Gasteiger partial charge is 0.147 e. The molecule has 0 spiro atoms. The van der Waals surface area contributed by atoms with Gasteiger partial charge in [0.15, 0.2) is 0 Å². The highest BCUT2D eigenvalue weighted by Gasteiger charge is 2.35. The number of thiophene rings is 1. The molecule has 0 unspecified atom stereocenters. The van der Waals surface area contributed by atoms with Gasteiger partial charge < -0.3 is 4.90 Å². The number of halogens is 1. The third-order valence-corrected chi connectivity index (χ3v) is 5.77. The van der Waals surface area contributed by atoms with Gasteiger partial charge in [0.1, 0.15) is 11.9 Å². The van der Waals surface area contributed by atoms with Crippen molar-refractivity contribution in [3.63, 3.8) is 0 Å². The standard InChI is InChI=1S/C16H15ClN4S/c17-14-5-11(6-18)7-19-16(14)21-9-13(10-21)20-3-1-15-12(8-20)2-4-22-15/h2,4-5,7,13H,1,3,8-10H2. The zero-order valence-corrected chi connectivity index (χ0v) is 13.6. The van der Waals surface area contributed by atoms with E-state index in [4.69, 9.17) is 16.9 Å². The van der Waals surface area contributed by atoms with Gasteiger partial charge in [0.25, 0.3) is 0 Å². The highest BCUT2D eigenvalue weighted by Crippen LogP contribution is 2.32. The van der Waals surface area contributed by atoms with E-state index < -0.39 is 0 Å². The summed E-state index contributed by atoms with van der Waals surface area (Å²) >= 11 is 8.11. The maximum Gasteiger partial charge on any atom is 0.147 e. The Morgan fingerprint density at radius 1 is 1.41 bits per heavy atom. The highest BCUT2D eigenvalue weighted by molar-refractivity contribution is 7.10. The Bertz CT molecular complexity index is 745. The van der Waals surface area contributed by atoms with Gasteiger partial charge in [-0.1, -0.05) is 11.6 Å². The van der Waals surface area contributed by atoms with Crippen molar-refractivity contribution in [2.75, 3.05) is 24.5 Å². The van der Waals surface area contributed by atoms with E-state index in [1.807, 2.05) is 11.3 Å². The van der Waals surface area contributed by atoms with E-state index in [0.29, 0.717) is 16.6 Å². The number of aromatic nitrogens is 1. The molecule has 1 fully saturated rings. The molecule has 0 saturated carbocycles. The van der Waals surface area contributed by atoms with Crippen LogP contribution in [0.5, 0.6) is 0 Å². The van der Waals surface area contributed by atoms with E-state index in [0.717, 1.165) is 32.0 Å². The number of hydrogen-bond acceptors (Lipinski definition) is 5. The molecule has 6 heteroatoms. The SMILES string of the molecule is N#Cc1cnc(N2CC(N3CCc4sccc4C3)C2)c(Cl)c1. The van der Waals surface area contributed by atoms with Crippen molar-refractivity contribution in [2.45, 2.75) is 19.0 Å². The molecule has 0 radical (unpaired) electrons. The topological polar surface area (TPSA) is 43.2 Å². The number of hydrogen-bond donors (Lipinski definition) is 0. The third kappa shape index (κ3) is 2.38. The van der Waals surface area contributed by atoms with Gasteiger partial charge in [-0.3, -0.25) is 4.90 Å². The molecular weight excluding hydrogens is 316 g/mol. The summed E-state index contributed by atoms with van der Waals surface area (Å²) in [4.78, 5) is 10.6. The minimum Gasteiger partial charge on any atom is -0.352 e. The van der Waals surface area contributed by atoms with E-state index >= 15 is 0 Å². The van der Waals surface area contributed by atoms with Crippen LogP contribution < -0.4 is 4.90 Å². The number of anilines is 1. The normalized spacial score (nSPS) is 18.6. The lowest BCUT2D eigenvalue weighted by Crippen LogP contribution is -2.60. The van der Waals surface area contributed by atoms with Crippen LogP contribution >= 0.6 is 22.9 Å². The van der Waals surface area contributed by atoms with Crippen molar-refractivity contribution >= 4 is 28.8 Å². The number of fused-ring (bicyclic) bond motifs is 1. The predicted molar refractivity (Wildman–Crippen MR) is 88.4 cm³/mol. The summed E-state index contributed by atoms with van der Waals surface area (Å²) in [5.74, 6) is 0.796. The number of nitrogens with zero attached hydrogens (tertiary/aromatic N) is 4. The summed E-state index contributed by atoms with van der Waals surface area (Å²) < 4.78 is 0. The summed E-state index contributed by atoms with van der Waals surface area (Å²) in [5, 5.41) is 11.6. The summed E-state index contributed by atoms with van der Waals surface area (Å²) in [5.41, 5.74) is 2.00. The van der Waals surface area contributed by atoms with Gasteiger partial charge in [-0.25, -0.2) is 4.98 Å². The quantitative estimate of drug-likeness (QED) is 0.849. The van der Waals surface area contributed by atoms with Crippen molar-refractivity contribution in [1.29, 1.82) is 5.26 Å². The van der Waals surface area contributed by atoms with Gasteiger partial charge in [0.05, 0.1) is 10.6 Å². The van der Waals surface area contributed by atoms with Crippen LogP contribution in [0.1, 0.15) is 16.0 Å². The van der Waals surface area contributed by atoms with Crippen LogP contribution in [0.25, 0.3) is 0 Å². The van der Waals surface area contributed by atoms with E-state index in [1.54, 1.807) is 17.1 Å². The van der Waals surface area contributed by atoms with Crippen molar-refractivity contribution in [1.82, 2.24) is 9.88 Å². The van der Waals surface area contributed by atoms with Gasteiger partial charge in [0.2, 0.25) is 0 Å². The molecule has 4 heterocycles. The van der Waals surface area contributed by atoms with Crippen molar-refractivity contribution in [3.8, 4) is 6.07 Å². The zero-order chi connectivity index (χ0) is 15.1. The molecule has 4 rings (SSSR count). The molecule has 112 valence electrons. The lowest BCUT2D eigenvalue weighted by molar-refractivity contribution is 0.151. The van der Waals surface area contributed by atoms with Crippen LogP contribution in [0.4, 0.5) is 5.82 Å². The number of rotatable bonds is 2. The minimum atomic E-state index is 0.506. The van der Waals surface area contributed by atoms with Crippen LogP contribution in [0.3, 0.4) is 0 Å². The molecular formula is C16H15ClN4S. The highest BCUT2D eigenvalue weighted by atomic mass is 35.5. The summed E-state index contributed by atoms with van der Waals surface area (Å²) in [6.45, 7) is 4.11. The molecule has 0 aliphatic carbocycles. The molecule has 2 aliphatic rings. The molecule has 22 heavy (non-hydrogen) atoms. The first kappa shape index (κ1) is 14.0. The van der Waals surface area contributed by atoms with Crippen LogP contribution in [-0.2, 0) is 13.0 Å². The number of nitriles is 1. The van der Waals surface area contributed by atoms with Crippen molar-refractivity contribution in [2.24, 2.45) is 0 Å². The van der Waals surface area contributed by atoms with E-state index in [2.05, 4.69) is 32.3 Å². The third-order valence-electron chi connectivity index (χ3n) is 4.47. The average molecular weight is 331 g/mol. The first-order chi connectivity index (χ1) is 10.7. The Labute approximate surface area is 138 Å². The Kier molecular flexibility index (Phi) is 3.53. The second-order valence-corrected chi connectivity index (χ2v) is 7.20. The molecule has 2 aliphatic heterocycles. The monoisotopic (exact) mass is 330 g/mol. The molecule has 0 N–H and O–H groups in total. The second-order valence-electron chi connectivity index (χ2n) is 5.79. The van der Waals surface area contributed by atoms with Gasteiger partial charge in [0, 0.05) is 43.3 Å². The molecule has 2 aromatic rings. The molecule has 0 aromatic carbocycles. The zero-order valence-electron chi connectivity index (χ0n) is 12.0. The van der Waals surface area contributed by atoms with Gasteiger partial charge in [-0.2, -0.15) is 5.26 Å².